The molecule has 0 aliphatic heterocycles. The van der Waals surface area contributed by atoms with Gasteiger partial charge in [0.2, 0.25) is 0 Å². The lowest BCUT2D eigenvalue weighted by molar-refractivity contribution is 0.0735. The first-order valence-corrected chi connectivity index (χ1v) is 9.89. The zero-order chi connectivity index (χ0) is 18.5. The van der Waals surface area contributed by atoms with Crippen molar-refractivity contribution in [2.75, 3.05) is 0 Å². The van der Waals surface area contributed by atoms with Crippen LogP contribution in [0.3, 0.4) is 0 Å². The minimum atomic E-state index is -1.84. The Morgan fingerprint density at radius 1 is 1.16 bits per heavy atom. The Bertz CT molecular complexity index is 1010. The molecule has 0 aliphatic carbocycles. The lowest BCUT2D eigenvalue weighted by atomic mass is 10.1. The molecule has 0 amide bonds. The summed E-state index contributed by atoms with van der Waals surface area (Å²) in [5.74, 6) is -0.263. The number of aromatic hydroxyl groups is 1. The van der Waals surface area contributed by atoms with E-state index >= 15 is 0 Å². The Hall–Kier alpha value is -1.05. The van der Waals surface area contributed by atoms with Crippen molar-refractivity contribution in [2.45, 2.75) is 24.3 Å². The van der Waals surface area contributed by atoms with Crippen LogP contribution in [0.25, 0.3) is 10.9 Å². The number of benzene rings is 2. The fourth-order valence-electron chi connectivity index (χ4n) is 2.54. The summed E-state index contributed by atoms with van der Waals surface area (Å²) >= 11 is 15.3. The maximum absolute atomic E-state index is 13.3. The number of hydrogen-bond acceptors (Lipinski definition) is 3. The zero-order valence-electron chi connectivity index (χ0n) is 13.3. The number of aliphatic hydroxyl groups is 1. The second-order valence-corrected chi connectivity index (χ2v) is 9.13. The highest BCUT2D eigenvalue weighted by molar-refractivity contribution is 9.10. The molecule has 0 aliphatic rings. The number of phenolic OH excluding ortho intramolecular Hbond substituents is 1. The number of hydrogen-bond donors (Lipinski definition) is 2. The standard InChI is InChI=1S/C17H14BrCl2NO3S/c1-17(2,23)15-6-9-5-11(19)3-4-13(9)21(15)25(24)14-8-10(18)7-12(20)16(14)22/h3-8,22-23H,1-2H3. The van der Waals surface area contributed by atoms with E-state index in [1.54, 1.807) is 38.1 Å². The van der Waals surface area contributed by atoms with Crippen LogP contribution in [0.1, 0.15) is 19.5 Å². The van der Waals surface area contributed by atoms with Crippen molar-refractivity contribution in [3.05, 3.63) is 56.6 Å². The van der Waals surface area contributed by atoms with E-state index in [4.69, 9.17) is 23.2 Å². The van der Waals surface area contributed by atoms with Crippen LogP contribution < -0.4 is 0 Å². The largest absolute Gasteiger partial charge is 0.505 e. The lowest BCUT2D eigenvalue weighted by Crippen LogP contribution is -2.22. The summed E-state index contributed by atoms with van der Waals surface area (Å²) in [5.41, 5.74) is -0.207. The molecule has 2 N–H and O–H groups in total. The highest BCUT2D eigenvalue weighted by Gasteiger charge is 2.27. The average molecular weight is 463 g/mol. The highest BCUT2D eigenvalue weighted by Crippen LogP contribution is 2.37. The van der Waals surface area contributed by atoms with Crippen LogP contribution in [0.2, 0.25) is 10.0 Å². The van der Waals surface area contributed by atoms with Gasteiger partial charge in [-0.05, 0) is 50.2 Å². The van der Waals surface area contributed by atoms with Crippen LogP contribution in [0, 0.1) is 0 Å². The van der Waals surface area contributed by atoms with E-state index in [1.165, 1.54) is 16.1 Å². The maximum Gasteiger partial charge on any atom is 0.161 e. The highest BCUT2D eigenvalue weighted by atomic mass is 79.9. The lowest BCUT2D eigenvalue weighted by Gasteiger charge is -2.20. The van der Waals surface area contributed by atoms with Crippen LogP contribution in [-0.2, 0) is 16.6 Å². The van der Waals surface area contributed by atoms with Crippen LogP contribution in [0.4, 0.5) is 0 Å². The van der Waals surface area contributed by atoms with Crippen molar-refractivity contribution < 1.29 is 14.4 Å². The molecule has 0 bridgehead atoms. The summed E-state index contributed by atoms with van der Waals surface area (Å²) < 4.78 is 15.4. The topological polar surface area (TPSA) is 62.5 Å². The van der Waals surface area contributed by atoms with Crippen molar-refractivity contribution >= 4 is 61.0 Å². The molecule has 0 saturated carbocycles. The molecular formula is C17H14BrCl2NO3S. The molecule has 132 valence electrons. The first-order chi connectivity index (χ1) is 11.6. The number of rotatable bonds is 3. The Kier molecular flexibility index (Phi) is 4.94. The summed E-state index contributed by atoms with van der Waals surface area (Å²) in [6.07, 6.45) is 0. The SMILES string of the molecule is CC(C)(O)c1cc2cc(Cl)ccc2n1S(=O)c1cc(Br)cc(Cl)c1O. The summed E-state index contributed by atoms with van der Waals surface area (Å²) in [7, 11) is -1.84. The van der Waals surface area contributed by atoms with E-state index in [-0.39, 0.29) is 15.7 Å². The van der Waals surface area contributed by atoms with Crippen LogP contribution in [0.5, 0.6) is 5.75 Å². The van der Waals surface area contributed by atoms with Crippen molar-refractivity contribution in [3.8, 4) is 5.75 Å². The summed E-state index contributed by atoms with van der Waals surface area (Å²) in [4.78, 5) is 0.136. The molecule has 8 heteroatoms. The fourth-order valence-corrected chi connectivity index (χ4v) is 5.24. The van der Waals surface area contributed by atoms with Gasteiger partial charge in [-0.2, -0.15) is 0 Å². The molecule has 0 radical (unpaired) electrons. The fraction of sp³-hybridized carbons (Fsp3) is 0.176. The number of nitrogens with zero attached hydrogens (tertiary/aromatic N) is 1. The average Bonchev–Trinajstić information content (AvgIpc) is 2.88. The van der Waals surface area contributed by atoms with Gasteiger partial charge in [0.25, 0.3) is 0 Å². The minimum Gasteiger partial charge on any atom is -0.505 e. The Balaban J connectivity index is 2.33. The molecular weight excluding hydrogens is 449 g/mol. The number of aromatic nitrogens is 1. The van der Waals surface area contributed by atoms with Crippen molar-refractivity contribution in [3.63, 3.8) is 0 Å². The van der Waals surface area contributed by atoms with Crippen LogP contribution in [0.15, 0.2) is 45.8 Å². The van der Waals surface area contributed by atoms with Gasteiger partial charge in [0.15, 0.2) is 16.7 Å². The van der Waals surface area contributed by atoms with Gasteiger partial charge in [-0.25, -0.2) is 4.21 Å². The third-order valence-corrected chi connectivity index (χ3v) is 6.09. The molecule has 0 spiro atoms. The second-order valence-electron chi connectivity index (χ2n) is 6.07. The van der Waals surface area contributed by atoms with Crippen LogP contribution in [-0.4, -0.2) is 18.4 Å². The predicted molar refractivity (Wildman–Crippen MR) is 105 cm³/mol. The van der Waals surface area contributed by atoms with Crippen LogP contribution >= 0.6 is 39.1 Å². The van der Waals surface area contributed by atoms with E-state index in [1.807, 2.05) is 0 Å². The number of phenols is 1. The molecule has 0 fully saturated rings. The van der Waals surface area contributed by atoms with Gasteiger partial charge in [0.1, 0.15) is 4.90 Å². The quantitative estimate of drug-likeness (QED) is 0.561. The van der Waals surface area contributed by atoms with Crippen molar-refractivity contribution in [1.82, 2.24) is 3.97 Å². The molecule has 4 nitrogen and oxygen atoms in total. The molecule has 1 aromatic heterocycles. The first-order valence-electron chi connectivity index (χ1n) is 7.23. The summed E-state index contributed by atoms with van der Waals surface area (Å²) in [6.45, 7) is 3.20. The minimum absolute atomic E-state index is 0.0852. The first kappa shape index (κ1) is 18.7. The van der Waals surface area contributed by atoms with Crippen molar-refractivity contribution in [2.24, 2.45) is 0 Å². The predicted octanol–water partition coefficient (Wildman–Crippen LogP) is 5.21. The zero-order valence-corrected chi connectivity index (χ0v) is 17.2. The van der Waals surface area contributed by atoms with E-state index in [2.05, 4.69) is 15.9 Å². The molecule has 3 rings (SSSR count). The normalized spacial score (nSPS) is 13.4. The maximum atomic E-state index is 13.3. The van der Waals surface area contributed by atoms with Gasteiger partial charge in [-0.1, -0.05) is 39.1 Å². The van der Waals surface area contributed by atoms with E-state index in [0.29, 0.717) is 20.7 Å². The molecule has 1 heterocycles. The molecule has 3 aromatic rings. The van der Waals surface area contributed by atoms with Gasteiger partial charge in [0, 0.05) is 14.9 Å². The number of halogens is 3. The molecule has 0 saturated heterocycles. The number of fused-ring (bicyclic) bond motifs is 1. The third kappa shape index (κ3) is 3.46. The second kappa shape index (κ2) is 6.59. The van der Waals surface area contributed by atoms with Gasteiger partial charge < -0.3 is 10.2 Å². The monoisotopic (exact) mass is 461 g/mol. The van der Waals surface area contributed by atoms with E-state index < -0.39 is 16.6 Å². The van der Waals surface area contributed by atoms with Gasteiger partial charge in [-0.3, -0.25) is 3.97 Å². The molecule has 2 aromatic carbocycles. The van der Waals surface area contributed by atoms with Gasteiger partial charge in [0.05, 0.1) is 21.8 Å². The molecule has 25 heavy (non-hydrogen) atoms. The third-order valence-electron chi connectivity index (χ3n) is 3.69. The smallest absolute Gasteiger partial charge is 0.161 e. The van der Waals surface area contributed by atoms with E-state index in [0.717, 1.165) is 5.39 Å². The summed E-state index contributed by atoms with van der Waals surface area (Å²) in [6, 6.07) is 9.92. The molecule has 1 unspecified atom stereocenters. The summed E-state index contributed by atoms with van der Waals surface area (Å²) in [5, 5.41) is 22.1. The van der Waals surface area contributed by atoms with Crippen molar-refractivity contribution in [1.29, 1.82) is 0 Å². The Labute approximate surface area is 165 Å². The van der Waals surface area contributed by atoms with E-state index in [9.17, 15) is 14.4 Å². The molecule has 1 atom stereocenters. The Morgan fingerprint density at radius 3 is 2.48 bits per heavy atom. The van der Waals surface area contributed by atoms with Gasteiger partial charge >= 0.3 is 0 Å². The van der Waals surface area contributed by atoms with Gasteiger partial charge in [-0.15, -0.1) is 0 Å². The Morgan fingerprint density at radius 2 is 1.84 bits per heavy atom.